The van der Waals surface area contributed by atoms with Crippen LogP contribution in [0.2, 0.25) is 0 Å². The third kappa shape index (κ3) is 3.11. The molecule has 0 unspecified atom stereocenters. The van der Waals surface area contributed by atoms with E-state index in [0.29, 0.717) is 23.7 Å². The van der Waals surface area contributed by atoms with E-state index >= 15 is 0 Å². The van der Waals surface area contributed by atoms with Gasteiger partial charge in [-0.05, 0) is 39.1 Å². The molecule has 0 aliphatic heterocycles. The Bertz CT molecular complexity index is 621. The average Bonchev–Trinajstić information content (AvgIpc) is 2.77. The van der Waals surface area contributed by atoms with Crippen LogP contribution in [-0.4, -0.2) is 37.1 Å². The Balaban J connectivity index is 2.38. The molecule has 114 valence electrons. The average molecular weight is 290 g/mol. The van der Waals surface area contributed by atoms with E-state index < -0.39 is 0 Å². The van der Waals surface area contributed by atoms with Gasteiger partial charge < -0.3 is 25.5 Å². The second kappa shape index (κ2) is 6.99. The molecule has 0 fully saturated rings. The Morgan fingerprint density at radius 2 is 2.19 bits per heavy atom. The first kappa shape index (κ1) is 15.2. The molecule has 0 atom stereocenters. The number of nitrogen functional groups attached to an aromatic ring is 1. The fourth-order valence-electron chi connectivity index (χ4n) is 2.29. The van der Waals surface area contributed by atoms with Crippen LogP contribution in [0.5, 0.6) is 0 Å². The highest BCUT2D eigenvalue weighted by atomic mass is 16.5. The Morgan fingerprint density at radius 3 is 2.90 bits per heavy atom. The molecule has 2 rings (SSSR count). The van der Waals surface area contributed by atoms with E-state index in [1.54, 1.807) is 11.3 Å². The molecule has 2 heterocycles. The van der Waals surface area contributed by atoms with Crippen molar-refractivity contribution in [3.8, 4) is 0 Å². The van der Waals surface area contributed by atoms with Crippen LogP contribution in [0.25, 0.3) is 5.52 Å². The Morgan fingerprint density at radius 1 is 1.38 bits per heavy atom. The summed E-state index contributed by atoms with van der Waals surface area (Å²) in [7, 11) is 1.91. The van der Waals surface area contributed by atoms with Gasteiger partial charge in [0.05, 0.1) is 23.5 Å². The molecule has 2 aromatic heterocycles. The molecule has 0 saturated heterocycles. The van der Waals surface area contributed by atoms with Gasteiger partial charge in [0.25, 0.3) is 0 Å². The first-order chi connectivity index (χ1) is 10.2. The number of anilines is 2. The van der Waals surface area contributed by atoms with E-state index in [9.17, 15) is 4.79 Å². The van der Waals surface area contributed by atoms with Crippen LogP contribution in [-0.2, 0) is 4.74 Å². The largest absolute Gasteiger partial charge is 0.461 e. The predicted molar refractivity (Wildman–Crippen MR) is 84.8 cm³/mol. The van der Waals surface area contributed by atoms with Crippen LogP contribution in [0.4, 0.5) is 11.4 Å². The maximum atomic E-state index is 12.2. The van der Waals surface area contributed by atoms with Crippen LogP contribution in [0.1, 0.15) is 23.8 Å². The zero-order chi connectivity index (χ0) is 15.2. The number of aromatic nitrogens is 1. The molecular weight excluding hydrogens is 268 g/mol. The van der Waals surface area contributed by atoms with E-state index in [2.05, 4.69) is 10.6 Å². The Hall–Kier alpha value is -2.21. The van der Waals surface area contributed by atoms with Gasteiger partial charge in [-0.2, -0.15) is 0 Å². The number of pyridine rings is 1. The summed E-state index contributed by atoms with van der Waals surface area (Å²) in [5.41, 5.74) is 8.66. The summed E-state index contributed by atoms with van der Waals surface area (Å²) in [5, 5.41) is 6.34. The second-order valence-corrected chi connectivity index (χ2v) is 4.70. The van der Waals surface area contributed by atoms with Crippen molar-refractivity contribution in [2.75, 3.05) is 37.8 Å². The highest BCUT2D eigenvalue weighted by Gasteiger charge is 2.22. The fraction of sp³-hybridized carbons (Fsp3) is 0.400. The molecule has 0 bridgehead atoms. The molecule has 0 aliphatic rings. The number of hydrogen-bond donors (Lipinski definition) is 3. The second-order valence-electron chi connectivity index (χ2n) is 4.70. The zero-order valence-electron chi connectivity index (χ0n) is 12.5. The number of carbonyl (C=O) groups excluding carboxylic acids is 1. The van der Waals surface area contributed by atoms with Gasteiger partial charge in [-0.3, -0.25) is 0 Å². The van der Waals surface area contributed by atoms with Crippen LogP contribution in [0, 0.1) is 0 Å². The molecule has 2 aromatic rings. The number of fused-ring (bicyclic) bond motifs is 1. The number of nitrogens with zero attached hydrogens (tertiary/aromatic N) is 1. The van der Waals surface area contributed by atoms with Gasteiger partial charge in [-0.15, -0.1) is 0 Å². The normalized spacial score (nSPS) is 10.8. The zero-order valence-corrected chi connectivity index (χ0v) is 12.5. The summed E-state index contributed by atoms with van der Waals surface area (Å²) in [6, 6.07) is 5.64. The number of carbonyl (C=O) groups is 1. The summed E-state index contributed by atoms with van der Waals surface area (Å²) >= 11 is 0. The molecule has 0 amide bonds. The Labute approximate surface area is 124 Å². The molecule has 0 radical (unpaired) electrons. The van der Waals surface area contributed by atoms with Gasteiger partial charge in [-0.1, -0.05) is 6.07 Å². The minimum atomic E-state index is -0.369. The lowest BCUT2D eigenvalue weighted by molar-refractivity contribution is 0.0519. The topological polar surface area (TPSA) is 80.8 Å². The lowest BCUT2D eigenvalue weighted by atomic mass is 10.3. The van der Waals surface area contributed by atoms with E-state index in [4.69, 9.17) is 10.5 Å². The van der Waals surface area contributed by atoms with Gasteiger partial charge >= 0.3 is 5.97 Å². The van der Waals surface area contributed by atoms with Crippen molar-refractivity contribution in [1.29, 1.82) is 0 Å². The molecule has 21 heavy (non-hydrogen) atoms. The maximum absolute atomic E-state index is 12.2. The molecule has 0 saturated carbocycles. The molecule has 0 spiro atoms. The van der Waals surface area contributed by atoms with Crippen molar-refractivity contribution in [2.24, 2.45) is 0 Å². The molecule has 6 heteroatoms. The summed E-state index contributed by atoms with van der Waals surface area (Å²) in [5.74, 6) is -0.369. The van der Waals surface area contributed by atoms with Gasteiger partial charge in [0.2, 0.25) is 0 Å². The van der Waals surface area contributed by atoms with Crippen molar-refractivity contribution >= 4 is 22.9 Å². The van der Waals surface area contributed by atoms with E-state index in [0.717, 1.165) is 25.0 Å². The summed E-state index contributed by atoms with van der Waals surface area (Å²) < 4.78 is 6.92. The number of ether oxygens (including phenoxy) is 1. The summed E-state index contributed by atoms with van der Waals surface area (Å²) in [6.07, 6.45) is 2.75. The number of hydrogen-bond acceptors (Lipinski definition) is 5. The van der Waals surface area contributed by atoms with Crippen molar-refractivity contribution in [2.45, 2.75) is 13.3 Å². The number of nitrogens with two attached hydrogens (primary N) is 1. The van der Waals surface area contributed by atoms with E-state index in [1.165, 1.54) is 0 Å². The lowest BCUT2D eigenvalue weighted by Crippen LogP contribution is -2.15. The van der Waals surface area contributed by atoms with Gasteiger partial charge in [0.15, 0.2) is 5.69 Å². The molecule has 0 aromatic carbocycles. The predicted octanol–water partition coefficient (Wildman–Crippen LogP) is 1.72. The van der Waals surface area contributed by atoms with E-state index in [-0.39, 0.29) is 5.97 Å². The minimum Gasteiger partial charge on any atom is -0.461 e. The van der Waals surface area contributed by atoms with Crippen LogP contribution in [0.15, 0.2) is 24.4 Å². The number of esters is 1. The highest BCUT2D eigenvalue weighted by molar-refractivity contribution is 6.03. The van der Waals surface area contributed by atoms with Crippen molar-refractivity contribution in [3.05, 3.63) is 30.1 Å². The van der Waals surface area contributed by atoms with Gasteiger partial charge in [-0.25, -0.2) is 4.79 Å². The third-order valence-electron chi connectivity index (χ3n) is 3.26. The summed E-state index contributed by atoms with van der Waals surface area (Å²) in [6.45, 7) is 3.75. The number of nitrogens with one attached hydrogen (secondary N) is 2. The highest BCUT2D eigenvalue weighted by Crippen LogP contribution is 2.31. The van der Waals surface area contributed by atoms with Gasteiger partial charge in [0.1, 0.15) is 0 Å². The minimum absolute atomic E-state index is 0.331. The van der Waals surface area contributed by atoms with Crippen molar-refractivity contribution in [1.82, 2.24) is 9.72 Å². The fourth-order valence-corrected chi connectivity index (χ4v) is 2.29. The lowest BCUT2D eigenvalue weighted by Gasteiger charge is -2.09. The van der Waals surface area contributed by atoms with Crippen LogP contribution >= 0.6 is 0 Å². The SMILES string of the molecule is CCOC(=O)c1c(NCCCNC)c(N)c2ccccn12. The van der Waals surface area contributed by atoms with Crippen molar-refractivity contribution < 1.29 is 9.53 Å². The van der Waals surface area contributed by atoms with Crippen LogP contribution < -0.4 is 16.4 Å². The molecule has 6 nitrogen and oxygen atoms in total. The standard InChI is InChI=1S/C15H22N4O2/c1-3-21-15(20)14-13(18-9-6-8-17-2)12(16)11-7-4-5-10-19(11)14/h4-5,7,10,17-18H,3,6,8-9,16H2,1-2H3. The van der Waals surface area contributed by atoms with Crippen LogP contribution in [0.3, 0.4) is 0 Å². The molecular formula is C15H22N4O2. The number of rotatable bonds is 7. The molecule has 4 N–H and O–H groups in total. The first-order valence-corrected chi connectivity index (χ1v) is 7.14. The Kier molecular flexibility index (Phi) is 5.05. The quantitative estimate of drug-likeness (QED) is 0.534. The summed E-state index contributed by atoms with van der Waals surface area (Å²) in [4.78, 5) is 12.2. The first-order valence-electron chi connectivity index (χ1n) is 7.14. The van der Waals surface area contributed by atoms with E-state index in [1.807, 2.05) is 31.4 Å². The van der Waals surface area contributed by atoms with Crippen molar-refractivity contribution in [3.63, 3.8) is 0 Å². The third-order valence-corrected chi connectivity index (χ3v) is 3.26. The monoisotopic (exact) mass is 290 g/mol. The maximum Gasteiger partial charge on any atom is 0.357 e. The smallest absolute Gasteiger partial charge is 0.357 e. The molecule has 0 aliphatic carbocycles. The van der Waals surface area contributed by atoms with Gasteiger partial charge in [0, 0.05) is 12.7 Å².